The number of methoxy groups -OCH3 is 1. The van der Waals surface area contributed by atoms with Crippen molar-refractivity contribution in [2.24, 2.45) is 5.92 Å². The second-order valence-corrected chi connectivity index (χ2v) is 23.1. The highest BCUT2D eigenvalue weighted by atomic mass is 19.4. The Labute approximate surface area is 520 Å². The number of carbonyl (C=O) groups excluding carboxylic acids is 4. The number of hydrogen-bond acceptors (Lipinski definition) is 11. The van der Waals surface area contributed by atoms with Gasteiger partial charge in [0.15, 0.2) is 17.2 Å². The van der Waals surface area contributed by atoms with E-state index in [0.717, 1.165) is 88.1 Å². The first-order valence-electron chi connectivity index (χ1n) is 31.0. The summed E-state index contributed by atoms with van der Waals surface area (Å²) in [6.07, 6.45) is 6.17. The minimum absolute atomic E-state index is 0.0102. The van der Waals surface area contributed by atoms with Crippen molar-refractivity contribution in [3.63, 3.8) is 0 Å². The molecule has 476 valence electrons. The van der Waals surface area contributed by atoms with Gasteiger partial charge in [-0.2, -0.15) is 13.2 Å². The number of halogens is 3. The third-order valence-corrected chi connectivity index (χ3v) is 16.9. The largest absolute Gasteiger partial charge is 0.493 e. The summed E-state index contributed by atoms with van der Waals surface area (Å²) in [6, 6.07) is 36.3. The van der Waals surface area contributed by atoms with Crippen LogP contribution in [0.15, 0.2) is 133 Å². The number of urea groups is 2. The summed E-state index contributed by atoms with van der Waals surface area (Å²) in [5.41, 5.74) is 1.36. The van der Waals surface area contributed by atoms with E-state index in [1.165, 1.54) is 24.6 Å². The Morgan fingerprint density at radius 1 is 0.562 bits per heavy atom. The SMILES string of the molecule is CCC(CC)NC(=O)Nc1ccc(Oc2ccc(NC(=O)c3ccc(OC45CCCC(CC4)N5C)cc3)cc2)c(C(F)(F)F)c1.CCC(CC)NC(=O)Nc1ccc(Oc2ccc(NC(=O)c3ccc(OCC4CCN(C(C)C)CC4)cc3)cc2)c(OC)c1. The molecule has 9 rings (SSSR count). The van der Waals surface area contributed by atoms with Gasteiger partial charge in [0.1, 0.15) is 34.3 Å². The number of alkyl halides is 3. The van der Waals surface area contributed by atoms with Crippen LogP contribution in [0.4, 0.5) is 45.5 Å². The maximum atomic E-state index is 13.9. The van der Waals surface area contributed by atoms with Gasteiger partial charge < -0.3 is 60.5 Å². The van der Waals surface area contributed by atoms with Gasteiger partial charge in [-0.15, -0.1) is 0 Å². The zero-order chi connectivity index (χ0) is 63.7. The molecule has 6 N–H and O–H groups in total. The van der Waals surface area contributed by atoms with Crippen LogP contribution in [-0.4, -0.2) is 97.4 Å². The molecule has 89 heavy (non-hydrogen) atoms. The molecule has 6 aromatic carbocycles. The molecule has 3 heterocycles. The zero-order valence-electron chi connectivity index (χ0n) is 52.2. The van der Waals surface area contributed by atoms with Crippen molar-refractivity contribution in [3.8, 4) is 40.2 Å². The van der Waals surface area contributed by atoms with Crippen LogP contribution >= 0.6 is 0 Å². The molecule has 2 unspecified atom stereocenters. The monoisotopic (exact) mass is 1230 g/mol. The lowest BCUT2D eigenvalue weighted by Gasteiger charge is -2.42. The van der Waals surface area contributed by atoms with Crippen molar-refractivity contribution >= 4 is 46.6 Å². The quantitative estimate of drug-likeness (QED) is 0.0358. The molecule has 3 aliphatic heterocycles. The van der Waals surface area contributed by atoms with Crippen LogP contribution in [0.2, 0.25) is 0 Å². The smallest absolute Gasteiger partial charge is 0.420 e. The number of piperidine rings is 2. The molecule has 2 atom stereocenters. The van der Waals surface area contributed by atoms with Crippen LogP contribution in [0.3, 0.4) is 0 Å². The van der Waals surface area contributed by atoms with Crippen LogP contribution in [0.5, 0.6) is 40.2 Å². The van der Waals surface area contributed by atoms with Crippen molar-refractivity contribution in [1.82, 2.24) is 20.4 Å². The number of benzene rings is 6. The highest BCUT2D eigenvalue weighted by Crippen LogP contribution is 2.45. The number of likely N-dealkylation sites (tertiary alicyclic amines) is 1. The summed E-state index contributed by atoms with van der Waals surface area (Å²) in [5, 5.41) is 16.7. The Balaban J connectivity index is 0.000000230. The third kappa shape index (κ3) is 18.5. The number of rotatable bonds is 23. The Kier molecular flexibility index (Phi) is 23.2. The Morgan fingerprint density at radius 2 is 1.03 bits per heavy atom. The van der Waals surface area contributed by atoms with Crippen molar-refractivity contribution < 1.29 is 56.0 Å². The minimum atomic E-state index is -4.72. The maximum Gasteiger partial charge on any atom is 0.420 e. The maximum absolute atomic E-state index is 13.9. The van der Waals surface area contributed by atoms with Crippen LogP contribution in [0.1, 0.15) is 138 Å². The lowest BCUT2D eigenvalue weighted by molar-refractivity contribution is -0.138. The molecule has 0 spiro atoms. The van der Waals surface area contributed by atoms with Gasteiger partial charge in [0.2, 0.25) is 0 Å². The number of carbonyl (C=O) groups is 4. The standard InChI is InChI=1S/C35H46N4O5.C34H39F3N4O4/c1-6-27(7-2)37-35(41)38-29-12-17-32(33(22-29)42-5)44-31-15-10-28(11-16-31)36-34(40)26-8-13-30(14-9-26)43-23-25-18-20-39(21-19-25)24(3)4;1-4-23(5-2)39-32(43)40-25-12-17-30(29(21-25)34(35,36)37)44-27-15-10-24(11-16-27)38-31(42)22-8-13-28(14-9-22)45-33-19-6-7-26(18-20-33)41(33)3/h8-17,22,24-25,27H,6-7,18-21,23H2,1-5H3,(H,36,40)(H2,37,38,41);8-17,21,23,26H,4-7,18-20H2,1-3H3,(H,38,42)(H2,39,40,43). The number of hydrogen-bond donors (Lipinski definition) is 6. The molecule has 3 fully saturated rings. The Hall–Kier alpha value is -8.49. The van der Waals surface area contributed by atoms with Gasteiger partial charge in [-0.3, -0.25) is 14.5 Å². The lowest BCUT2D eigenvalue weighted by Crippen LogP contribution is -2.51. The van der Waals surface area contributed by atoms with E-state index in [1.807, 2.05) is 39.8 Å². The van der Waals surface area contributed by atoms with Crippen molar-refractivity contribution in [3.05, 3.63) is 150 Å². The fraction of sp³-hybridized carbons (Fsp3) is 0.420. The van der Waals surface area contributed by atoms with E-state index >= 15 is 0 Å². The predicted octanol–water partition coefficient (Wildman–Crippen LogP) is 16.0. The molecule has 3 aliphatic rings. The van der Waals surface area contributed by atoms with Gasteiger partial charge in [0.05, 0.1) is 13.7 Å². The van der Waals surface area contributed by atoms with Gasteiger partial charge in [-0.1, -0.05) is 27.7 Å². The molecular weight excluding hydrogens is 1140 g/mol. The zero-order valence-corrected chi connectivity index (χ0v) is 52.2. The van der Waals surface area contributed by atoms with Crippen molar-refractivity contribution in [1.29, 1.82) is 0 Å². The Morgan fingerprint density at radius 3 is 1.53 bits per heavy atom. The van der Waals surface area contributed by atoms with E-state index in [9.17, 15) is 32.3 Å². The summed E-state index contributed by atoms with van der Waals surface area (Å²) in [7, 11) is 3.67. The van der Waals surface area contributed by atoms with E-state index < -0.39 is 23.5 Å². The summed E-state index contributed by atoms with van der Waals surface area (Å²) < 4.78 is 71.2. The van der Waals surface area contributed by atoms with Gasteiger partial charge in [-0.25, -0.2) is 9.59 Å². The first-order chi connectivity index (χ1) is 42.8. The summed E-state index contributed by atoms with van der Waals surface area (Å²) in [5.74, 6) is 2.80. The van der Waals surface area contributed by atoms with Gasteiger partial charge in [0, 0.05) is 77.0 Å². The third-order valence-electron chi connectivity index (χ3n) is 16.9. The molecule has 0 aromatic heterocycles. The van der Waals surface area contributed by atoms with Crippen LogP contribution in [0.25, 0.3) is 0 Å². The molecule has 0 aliphatic carbocycles. The molecule has 0 radical (unpaired) electrons. The molecule has 0 saturated carbocycles. The molecule has 6 aromatic rings. The molecule has 3 saturated heterocycles. The molecule has 17 nitrogen and oxygen atoms in total. The second-order valence-electron chi connectivity index (χ2n) is 23.1. The first kappa shape index (κ1) is 66.5. The second kappa shape index (κ2) is 31.1. The van der Waals surface area contributed by atoms with Gasteiger partial charge >= 0.3 is 18.2 Å². The van der Waals surface area contributed by atoms with Crippen LogP contribution in [0, 0.1) is 5.92 Å². The topological polar surface area (TPSA) is 193 Å². The average Bonchev–Trinajstić information content (AvgIpc) is 1.85. The highest BCUT2D eigenvalue weighted by Gasteiger charge is 2.48. The molecular formula is C69H85F3N8O9. The van der Waals surface area contributed by atoms with Crippen molar-refractivity contribution in [2.45, 2.75) is 148 Å². The number of nitrogens with one attached hydrogen (secondary N) is 6. The molecule has 20 heteroatoms. The highest BCUT2D eigenvalue weighted by molar-refractivity contribution is 6.05. The number of ether oxygens (including phenoxy) is 5. The first-order valence-corrected chi connectivity index (χ1v) is 31.0. The van der Waals surface area contributed by atoms with Gasteiger partial charge in [-0.05, 0) is 225 Å². The lowest BCUT2D eigenvalue weighted by atomic mass is 9.97. The minimum Gasteiger partial charge on any atom is -0.493 e. The van der Waals surface area contributed by atoms with Crippen molar-refractivity contribution in [2.75, 3.05) is 55.1 Å². The van der Waals surface area contributed by atoms with E-state index in [-0.39, 0.29) is 47.1 Å². The number of nitrogens with zero attached hydrogens (tertiary/aromatic N) is 2. The molecule has 2 bridgehead atoms. The molecule has 6 amide bonds. The van der Waals surface area contributed by atoms with Gasteiger partial charge in [0.25, 0.3) is 11.8 Å². The summed E-state index contributed by atoms with van der Waals surface area (Å²) >= 11 is 0. The normalized spacial score (nSPS) is 16.8. The van der Waals surface area contributed by atoms with E-state index in [1.54, 1.807) is 98.1 Å². The van der Waals surface area contributed by atoms with Crippen LogP contribution < -0.4 is 55.6 Å². The summed E-state index contributed by atoms with van der Waals surface area (Å²) in [6.45, 7) is 15.3. The Bertz CT molecular complexity index is 3280. The fourth-order valence-corrected chi connectivity index (χ4v) is 11.3. The average molecular weight is 1230 g/mol. The number of amides is 6. The van der Waals surface area contributed by atoms with E-state index in [4.69, 9.17) is 23.7 Å². The number of anilines is 4. The fourth-order valence-electron chi connectivity index (χ4n) is 11.3. The summed E-state index contributed by atoms with van der Waals surface area (Å²) in [4.78, 5) is 55.1. The van der Waals surface area contributed by atoms with Crippen LogP contribution in [-0.2, 0) is 6.18 Å². The van der Waals surface area contributed by atoms with E-state index in [2.05, 4.69) is 62.6 Å². The number of fused-ring (bicyclic) bond motifs is 2. The van der Waals surface area contributed by atoms with E-state index in [0.29, 0.717) is 82.9 Å². The predicted molar refractivity (Wildman–Crippen MR) is 342 cm³/mol.